The van der Waals surface area contributed by atoms with Crippen molar-refractivity contribution in [2.24, 2.45) is 0 Å². The van der Waals surface area contributed by atoms with Gasteiger partial charge in [-0.25, -0.2) is 9.24 Å². The molecule has 1 aromatic carbocycles. The maximum absolute atomic E-state index is 14.8. The predicted octanol–water partition coefficient (Wildman–Crippen LogP) is 6.81. The van der Waals surface area contributed by atoms with Gasteiger partial charge in [0.05, 0.1) is 12.3 Å². The Hall–Kier alpha value is -2.91. The van der Waals surface area contributed by atoms with E-state index in [4.69, 9.17) is 11.7 Å². The standard InChI is InChI=1S/C24H27FN2O2S/c1-4-6-14-27(15-7-5-2)23-13-9-18(16-21(23)25)8-10-19-11-12-20(30-19)17-22(26-3)24(28)29/h8-13,16-17H,4-7,14-15H2,1-2H3,(H,28,29)/b10-8+,22-17-. The summed E-state index contributed by atoms with van der Waals surface area (Å²) in [6.45, 7) is 12.9. The third kappa shape index (κ3) is 6.85. The molecule has 0 fully saturated rings. The lowest BCUT2D eigenvalue weighted by atomic mass is 10.1. The van der Waals surface area contributed by atoms with Gasteiger partial charge in [0.2, 0.25) is 0 Å². The molecule has 2 rings (SSSR count). The highest BCUT2D eigenvalue weighted by Crippen LogP contribution is 2.25. The van der Waals surface area contributed by atoms with Crippen molar-refractivity contribution in [2.45, 2.75) is 39.5 Å². The lowest BCUT2D eigenvalue weighted by Gasteiger charge is -2.25. The van der Waals surface area contributed by atoms with Crippen molar-refractivity contribution in [1.29, 1.82) is 0 Å². The molecule has 30 heavy (non-hydrogen) atoms. The van der Waals surface area contributed by atoms with Gasteiger partial charge in [-0.15, -0.1) is 11.3 Å². The minimum atomic E-state index is -1.24. The van der Waals surface area contributed by atoms with Gasteiger partial charge in [-0.2, -0.15) is 0 Å². The van der Waals surface area contributed by atoms with Gasteiger partial charge in [-0.05, 0) is 54.8 Å². The van der Waals surface area contributed by atoms with Gasteiger partial charge in [0, 0.05) is 22.8 Å². The van der Waals surface area contributed by atoms with E-state index in [1.807, 2.05) is 30.4 Å². The van der Waals surface area contributed by atoms with Gasteiger partial charge in [0.1, 0.15) is 5.82 Å². The lowest BCUT2D eigenvalue weighted by Crippen LogP contribution is -2.26. The molecule has 0 bridgehead atoms. The Morgan fingerprint density at radius 3 is 2.37 bits per heavy atom. The summed E-state index contributed by atoms with van der Waals surface area (Å²) in [6, 6.07) is 8.92. The SMILES string of the molecule is [C-]#[N+]/C(=C\c1ccc(/C=C/c2ccc(N(CCCC)CCCC)c(F)c2)s1)C(=O)O. The average Bonchev–Trinajstić information content (AvgIpc) is 3.18. The Kier molecular flexibility index (Phi) is 9.30. The summed E-state index contributed by atoms with van der Waals surface area (Å²) in [5, 5.41) is 8.95. The largest absolute Gasteiger partial charge is 0.486 e. The number of nitrogens with zero attached hydrogens (tertiary/aromatic N) is 2. The molecule has 0 aliphatic carbocycles. The van der Waals surface area contributed by atoms with Crippen molar-refractivity contribution in [3.8, 4) is 0 Å². The van der Waals surface area contributed by atoms with Crippen LogP contribution >= 0.6 is 11.3 Å². The number of hydrogen-bond donors (Lipinski definition) is 1. The molecule has 6 heteroatoms. The van der Waals surface area contributed by atoms with Crippen molar-refractivity contribution in [3.63, 3.8) is 0 Å². The number of thiophene rings is 1. The van der Waals surface area contributed by atoms with Gasteiger partial charge in [0.15, 0.2) is 0 Å². The summed E-state index contributed by atoms with van der Waals surface area (Å²) < 4.78 is 14.8. The van der Waals surface area contributed by atoms with E-state index < -0.39 is 5.97 Å². The third-order valence-electron chi connectivity index (χ3n) is 4.58. The lowest BCUT2D eigenvalue weighted by molar-refractivity contribution is -0.132. The Labute approximate surface area is 181 Å². The van der Waals surface area contributed by atoms with Crippen LogP contribution in [0.2, 0.25) is 0 Å². The highest BCUT2D eigenvalue weighted by molar-refractivity contribution is 7.13. The highest BCUT2D eigenvalue weighted by atomic mass is 32.1. The number of carboxylic acids is 1. The third-order valence-corrected chi connectivity index (χ3v) is 5.58. The number of unbranched alkanes of at least 4 members (excludes halogenated alkanes) is 2. The van der Waals surface area contributed by atoms with Gasteiger partial charge in [-0.3, -0.25) is 4.79 Å². The molecule has 0 spiro atoms. The Morgan fingerprint density at radius 1 is 1.13 bits per heavy atom. The number of carboxylic acid groups (broad SMARTS) is 1. The van der Waals surface area contributed by atoms with E-state index in [9.17, 15) is 9.18 Å². The molecule has 1 heterocycles. The van der Waals surface area contributed by atoms with E-state index in [1.165, 1.54) is 17.4 Å². The normalized spacial score (nSPS) is 11.6. The Bertz CT molecular complexity index is 948. The van der Waals surface area contributed by atoms with E-state index >= 15 is 0 Å². The molecule has 0 saturated heterocycles. The zero-order valence-electron chi connectivity index (χ0n) is 17.4. The fraction of sp³-hybridized carbons (Fsp3) is 0.333. The summed E-state index contributed by atoms with van der Waals surface area (Å²) in [5.41, 5.74) is 1.10. The van der Waals surface area contributed by atoms with Crippen molar-refractivity contribution in [2.75, 3.05) is 18.0 Å². The van der Waals surface area contributed by atoms with E-state index in [2.05, 4.69) is 23.6 Å². The molecule has 0 atom stereocenters. The van der Waals surface area contributed by atoms with Crippen LogP contribution < -0.4 is 4.90 Å². The predicted molar refractivity (Wildman–Crippen MR) is 124 cm³/mol. The molecule has 0 radical (unpaired) electrons. The first-order valence-corrected chi connectivity index (χ1v) is 10.9. The molecule has 0 saturated carbocycles. The summed E-state index contributed by atoms with van der Waals surface area (Å²) in [4.78, 5) is 17.7. The van der Waals surface area contributed by atoms with Gasteiger partial charge in [0.25, 0.3) is 5.70 Å². The molecular weight excluding hydrogens is 399 g/mol. The highest BCUT2D eigenvalue weighted by Gasteiger charge is 2.11. The second kappa shape index (κ2) is 11.9. The average molecular weight is 427 g/mol. The Morgan fingerprint density at radius 2 is 1.80 bits per heavy atom. The molecule has 0 aliphatic heterocycles. The molecule has 0 unspecified atom stereocenters. The first kappa shape index (κ1) is 23.4. The van der Waals surface area contributed by atoms with Crippen LogP contribution in [-0.4, -0.2) is 24.2 Å². The van der Waals surface area contributed by atoms with E-state index in [1.54, 1.807) is 12.1 Å². The molecule has 1 aromatic heterocycles. The van der Waals surface area contributed by atoms with Crippen LogP contribution in [-0.2, 0) is 4.79 Å². The van der Waals surface area contributed by atoms with Crippen LogP contribution in [0.4, 0.5) is 10.1 Å². The van der Waals surface area contributed by atoms with Crippen molar-refractivity contribution >= 4 is 41.2 Å². The molecule has 0 amide bonds. The maximum atomic E-state index is 14.8. The number of aliphatic carboxylic acids is 1. The quantitative estimate of drug-likeness (QED) is 0.317. The minimum Gasteiger partial charge on any atom is -0.486 e. The molecular formula is C24H27FN2O2S. The number of halogens is 1. The smallest absolute Gasteiger partial charge is 0.333 e. The van der Waals surface area contributed by atoms with Crippen molar-refractivity contribution in [1.82, 2.24) is 0 Å². The second-order valence-corrected chi connectivity index (χ2v) is 8.07. The molecule has 2 aromatic rings. The minimum absolute atomic E-state index is 0.220. The molecule has 158 valence electrons. The number of anilines is 1. The first-order valence-electron chi connectivity index (χ1n) is 10.1. The second-order valence-electron chi connectivity index (χ2n) is 6.93. The topological polar surface area (TPSA) is 44.9 Å². The van der Waals surface area contributed by atoms with Crippen molar-refractivity contribution < 1.29 is 14.3 Å². The summed E-state index contributed by atoms with van der Waals surface area (Å²) >= 11 is 1.37. The van der Waals surface area contributed by atoms with Gasteiger partial charge < -0.3 is 10.0 Å². The first-order chi connectivity index (χ1) is 14.5. The number of carbonyl (C=O) groups is 1. The zero-order chi connectivity index (χ0) is 21.9. The van der Waals surface area contributed by atoms with Crippen molar-refractivity contribution in [3.05, 3.63) is 68.6 Å². The molecule has 1 N–H and O–H groups in total. The van der Waals surface area contributed by atoms with Gasteiger partial charge >= 0.3 is 5.97 Å². The fourth-order valence-corrected chi connectivity index (χ4v) is 3.78. The molecule has 0 aliphatic rings. The van der Waals surface area contributed by atoms with Crippen LogP contribution in [0.15, 0.2) is 36.0 Å². The van der Waals surface area contributed by atoms with E-state index in [-0.39, 0.29) is 11.5 Å². The van der Waals surface area contributed by atoms with Crippen LogP contribution in [0, 0.1) is 12.4 Å². The van der Waals surface area contributed by atoms with Crippen LogP contribution in [0.3, 0.4) is 0 Å². The van der Waals surface area contributed by atoms with E-state index in [0.29, 0.717) is 10.6 Å². The summed E-state index contributed by atoms with van der Waals surface area (Å²) in [6.07, 6.45) is 9.28. The van der Waals surface area contributed by atoms with Crippen LogP contribution in [0.5, 0.6) is 0 Å². The number of hydrogen-bond acceptors (Lipinski definition) is 3. The number of benzene rings is 1. The number of rotatable bonds is 11. The molecule has 4 nitrogen and oxygen atoms in total. The summed E-state index contributed by atoms with van der Waals surface area (Å²) in [7, 11) is 0. The maximum Gasteiger partial charge on any atom is 0.333 e. The fourth-order valence-electron chi connectivity index (χ4n) is 2.92. The monoisotopic (exact) mass is 426 g/mol. The van der Waals surface area contributed by atoms with Crippen LogP contribution in [0.1, 0.15) is 54.8 Å². The van der Waals surface area contributed by atoms with Gasteiger partial charge in [-0.1, -0.05) is 38.8 Å². The zero-order valence-corrected chi connectivity index (χ0v) is 18.2. The summed E-state index contributed by atoms with van der Waals surface area (Å²) in [5.74, 6) is -1.46. The Balaban J connectivity index is 2.14. The van der Waals surface area contributed by atoms with Crippen LogP contribution in [0.25, 0.3) is 23.1 Å². The van der Waals surface area contributed by atoms with E-state index in [0.717, 1.165) is 49.2 Å².